The number of fused-ring (bicyclic) bond motifs is 1. The van der Waals surface area contributed by atoms with Crippen molar-refractivity contribution in [2.24, 2.45) is 0 Å². The number of phenols is 3. The maximum absolute atomic E-state index is 10.1. The van der Waals surface area contributed by atoms with Crippen LogP contribution in [0.5, 0.6) is 17.2 Å². The quantitative estimate of drug-likeness (QED) is 0.621. The summed E-state index contributed by atoms with van der Waals surface area (Å²) in [7, 11) is 0. The Bertz CT molecular complexity index is 622. The number of quaternary nitrogens is 1. The van der Waals surface area contributed by atoms with Crippen LogP contribution in [0.25, 0.3) is 0 Å². The molecular weight excluding hydrogens is 254 g/mol. The van der Waals surface area contributed by atoms with E-state index in [4.69, 9.17) is 0 Å². The molecule has 1 unspecified atom stereocenters. The Morgan fingerprint density at radius 3 is 2.50 bits per heavy atom. The molecule has 0 amide bonds. The van der Waals surface area contributed by atoms with Crippen LogP contribution in [-0.4, -0.2) is 21.9 Å². The molecular formula is C16H18NO3+. The second kappa shape index (κ2) is 5.06. The van der Waals surface area contributed by atoms with Gasteiger partial charge in [0.05, 0.1) is 12.1 Å². The number of hydrogen-bond acceptors (Lipinski definition) is 3. The topological polar surface area (TPSA) is 77.3 Å². The third-order valence-electron chi connectivity index (χ3n) is 3.91. The van der Waals surface area contributed by atoms with Gasteiger partial charge in [-0.05, 0) is 29.3 Å². The average Bonchev–Trinajstić information content (AvgIpc) is 2.45. The van der Waals surface area contributed by atoms with E-state index in [-0.39, 0.29) is 23.3 Å². The van der Waals surface area contributed by atoms with Gasteiger partial charge in [-0.25, -0.2) is 0 Å². The largest absolute Gasteiger partial charge is 0.508 e. The summed E-state index contributed by atoms with van der Waals surface area (Å²) in [6.45, 7) is 0.972. The third-order valence-corrected chi connectivity index (χ3v) is 3.91. The van der Waals surface area contributed by atoms with Crippen molar-refractivity contribution in [1.82, 2.24) is 0 Å². The van der Waals surface area contributed by atoms with E-state index in [1.165, 1.54) is 0 Å². The van der Waals surface area contributed by atoms with Gasteiger partial charge >= 0.3 is 0 Å². The van der Waals surface area contributed by atoms with E-state index >= 15 is 0 Å². The molecule has 20 heavy (non-hydrogen) atoms. The van der Waals surface area contributed by atoms with Crippen molar-refractivity contribution >= 4 is 0 Å². The van der Waals surface area contributed by atoms with Crippen molar-refractivity contribution in [2.75, 3.05) is 6.54 Å². The van der Waals surface area contributed by atoms with E-state index < -0.39 is 0 Å². The number of aromatic hydroxyl groups is 3. The Hall–Kier alpha value is -2.20. The van der Waals surface area contributed by atoms with E-state index in [0.29, 0.717) is 0 Å². The average molecular weight is 272 g/mol. The van der Waals surface area contributed by atoms with Crippen LogP contribution >= 0.6 is 0 Å². The van der Waals surface area contributed by atoms with E-state index in [1.54, 1.807) is 18.2 Å². The zero-order chi connectivity index (χ0) is 14.1. The van der Waals surface area contributed by atoms with E-state index in [1.807, 2.05) is 18.2 Å². The molecule has 104 valence electrons. The minimum absolute atomic E-state index is 0.00206. The van der Waals surface area contributed by atoms with Crippen molar-refractivity contribution in [3.63, 3.8) is 0 Å². The first kappa shape index (κ1) is 12.8. The fourth-order valence-electron chi connectivity index (χ4n) is 2.90. The normalized spacial score (nSPS) is 17.7. The Morgan fingerprint density at radius 2 is 1.75 bits per heavy atom. The lowest BCUT2D eigenvalue weighted by molar-refractivity contribution is -0.698. The van der Waals surface area contributed by atoms with Gasteiger partial charge in [-0.3, -0.25) is 0 Å². The fraction of sp³-hybridized carbons (Fsp3) is 0.250. The Kier molecular flexibility index (Phi) is 3.24. The second-order valence-electron chi connectivity index (χ2n) is 5.26. The summed E-state index contributed by atoms with van der Waals surface area (Å²) in [6.07, 6.45) is 1.65. The zero-order valence-electron chi connectivity index (χ0n) is 11.1. The first-order valence-corrected chi connectivity index (χ1v) is 6.80. The summed E-state index contributed by atoms with van der Waals surface area (Å²) in [6, 6.07) is 10.6. The number of hydrogen-bond donors (Lipinski definition) is 4. The van der Waals surface area contributed by atoms with Crippen LogP contribution in [0.2, 0.25) is 0 Å². The second-order valence-corrected chi connectivity index (χ2v) is 5.26. The zero-order valence-corrected chi connectivity index (χ0v) is 11.1. The summed E-state index contributed by atoms with van der Waals surface area (Å²) in [5, 5.41) is 31.3. The molecule has 1 aliphatic heterocycles. The highest BCUT2D eigenvalue weighted by atomic mass is 16.3. The molecule has 0 saturated heterocycles. The molecule has 0 radical (unpaired) electrons. The van der Waals surface area contributed by atoms with Crippen LogP contribution < -0.4 is 5.32 Å². The van der Waals surface area contributed by atoms with E-state index in [0.717, 1.165) is 36.1 Å². The number of nitrogens with two attached hydrogens (primary N) is 1. The molecule has 0 fully saturated rings. The molecule has 2 aromatic carbocycles. The van der Waals surface area contributed by atoms with Crippen molar-refractivity contribution in [3.05, 3.63) is 53.1 Å². The maximum Gasteiger partial charge on any atom is 0.167 e. The minimum Gasteiger partial charge on any atom is -0.508 e. The lowest BCUT2D eigenvalue weighted by Gasteiger charge is -2.25. The highest BCUT2D eigenvalue weighted by molar-refractivity contribution is 5.51. The molecule has 0 bridgehead atoms. The van der Waals surface area contributed by atoms with E-state index in [9.17, 15) is 15.3 Å². The molecule has 0 aliphatic carbocycles. The molecule has 0 saturated carbocycles. The summed E-state index contributed by atoms with van der Waals surface area (Å²) in [4.78, 5) is 0. The standard InChI is InChI=1S/C16H17NO3/c18-12-4-1-10(2-5-12)9-13-15-11(7-8-17-13)3-6-14(19)16(15)20/h1-6,13,17-20H,7-9H2/p+1. The number of rotatable bonds is 2. The van der Waals surface area contributed by atoms with Crippen molar-refractivity contribution in [3.8, 4) is 17.2 Å². The van der Waals surface area contributed by atoms with Crippen LogP contribution in [0.1, 0.15) is 22.7 Å². The molecule has 0 aromatic heterocycles. The smallest absolute Gasteiger partial charge is 0.167 e. The predicted octanol–water partition coefficient (Wildman–Crippen LogP) is 1.21. The van der Waals surface area contributed by atoms with Crippen LogP contribution in [-0.2, 0) is 12.8 Å². The molecule has 5 N–H and O–H groups in total. The molecule has 0 spiro atoms. The summed E-state index contributed by atoms with van der Waals surface area (Å²) >= 11 is 0. The van der Waals surface area contributed by atoms with Crippen molar-refractivity contribution < 1.29 is 20.6 Å². The summed E-state index contributed by atoms with van der Waals surface area (Å²) in [5.41, 5.74) is 3.04. The van der Waals surface area contributed by atoms with Gasteiger partial charge in [0.2, 0.25) is 0 Å². The molecule has 1 atom stereocenters. The van der Waals surface area contributed by atoms with Gasteiger partial charge in [0.25, 0.3) is 0 Å². The number of phenolic OH excluding ortho intramolecular Hbond substituents is 3. The van der Waals surface area contributed by atoms with Gasteiger partial charge in [-0.15, -0.1) is 0 Å². The maximum atomic E-state index is 10.1. The van der Waals surface area contributed by atoms with Crippen LogP contribution in [0.15, 0.2) is 36.4 Å². The van der Waals surface area contributed by atoms with Crippen LogP contribution in [0.3, 0.4) is 0 Å². The van der Waals surface area contributed by atoms with Gasteiger partial charge in [-0.1, -0.05) is 18.2 Å². The molecule has 1 heterocycles. The Labute approximate surface area is 117 Å². The first-order valence-electron chi connectivity index (χ1n) is 6.80. The summed E-state index contributed by atoms with van der Waals surface area (Å²) < 4.78 is 0. The fourth-order valence-corrected chi connectivity index (χ4v) is 2.90. The van der Waals surface area contributed by atoms with Gasteiger partial charge in [0.15, 0.2) is 11.5 Å². The van der Waals surface area contributed by atoms with Crippen molar-refractivity contribution in [1.29, 1.82) is 0 Å². The molecule has 2 aromatic rings. The van der Waals surface area contributed by atoms with Gasteiger partial charge in [0.1, 0.15) is 11.8 Å². The van der Waals surface area contributed by atoms with E-state index in [2.05, 4.69) is 5.32 Å². The molecule has 3 rings (SSSR count). The lowest BCUT2D eigenvalue weighted by Crippen LogP contribution is -2.87. The molecule has 4 nitrogen and oxygen atoms in total. The Morgan fingerprint density at radius 1 is 1.00 bits per heavy atom. The highest BCUT2D eigenvalue weighted by Crippen LogP contribution is 2.36. The SMILES string of the molecule is Oc1ccc(CC2[NH2+]CCc3ccc(O)c(O)c32)cc1. The molecule has 4 heteroatoms. The predicted molar refractivity (Wildman–Crippen MR) is 74.8 cm³/mol. The van der Waals surface area contributed by atoms with Gasteiger partial charge < -0.3 is 20.6 Å². The molecule has 1 aliphatic rings. The highest BCUT2D eigenvalue weighted by Gasteiger charge is 2.28. The monoisotopic (exact) mass is 272 g/mol. The van der Waals surface area contributed by atoms with Gasteiger partial charge in [0, 0.05) is 12.8 Å². The Balaban J connectivity index is 1.93. The first-order chi connectivity index (χ1) is 9.65. The van der Waals surface area contributed by atoms with Crippen molar-refractivity contribution in [2.45, 2.75) is 18.9 Å². The van der Waals surface area contributed by atoms with Crippen LogP contribution in [0, 0.1) is 0 Å². The third kappa shape index (κ3) is 2.30. The number of benzene rings is 2. The van der Waals surface area contributed by atoms with Crippen LogP contribution in [0.4, 0.5) is 0 Å². The lowest BCUT2D eigenvalue weighted by atomic mass is 9.89. The summed E-state index contributed by atoms with van der Waals surface area (Å²) in [5.74, 6) is 0.194. The minimum atomic E-state index is -0.0604. The van der Waals surface area contributed by atoms with Gasteiger partial charge in [-0.2, -0.15) is 0 Å².